The lowest BCUT2D eigenvalue weighted by molar-refractivity contribution is -0.116. The number of amides is 3. The van der Waals surface area contributed by atoms with Gasteiger partial charge >= 0.3 is 6.03 Å². The third-order valence-corrected chi connectivity index (χ3v) is 3.97. The molecule has 3 aromatic carbocycles. The Morgan fingerprint density at radius 2 is 1.36 bits per heavy atom. The van der Waals surface area contributed by atoms with Crippen LogP contribution in [-0.4, -0.2) is 11.9 Å². The van der Waals surface area contributed by atoms with E-state index >= 15 is 0 Å². The van der Waals surface area contributed by atoms with E-state index in [-0.39, 0.29) is 24.2 Å². The van der Waals surface area contributed by atoms with Crippen molar-refractivity contribution >= 4 is 29.0 Å². The largest absolute Gasteiger partial charge is 0.326 e. The number of anilines is 3. The first-order chi connectivity index (χ1) is 13.6. The smallest absolute Gasteiger partial charge is 0.323 e. The normalized spacial score (nSPS) is 10.2. The van der Waals surface area contributed by atoms with Crippen LogP contribution in [-0.2, 0) is 11.2 Å². The van der Waals surface area contributed by atoms with Gasteiger partial charge < -0.3 is 16.0 Å². The molecule has 0 saturated heterocycles. The summed E-state index contributed by atoms with van der Waals surface area (Å²) in [5.41, 5.74) is 2.57. The lowest BCUT2D eigenvalue weighted by Gasteiger charge is -2.10. The van der Waals surface area contributed by atoms with Crippen LogP contribution in [0.2, 0.25) is 0 Å². The molecule has 0 unspecified atom stereocenters. The number of benzene rings is 3. The SMILES string of the molecule is O=C(CCc1cccc(F)c1)Nc1cccc(NC(=O)Nc2ccccc2)c1. The van der Waals surface area contributed by atoms with Gasteiger partial charge in [-0.15, -0.1) is 0 Å². The van der Waals surface area contributed by atoms with Gasteiger partial charge in [-0.3, -0.25) is 4.79 Å². The fourth-order valence-corrected chi connectivity index (χ4v) is 2.66. The van der Waals surface area contributed by atoms with Gasteiger partial charge in [0, 0.05) is 23.5 Å². The number of nitrogens with one attached hydrogen (secondary N) is 3. The number of aryl methyl sites for hydroxylation is 1. The average Bonchev–Trinajstić information content (AvgIpc) is 2.67. The van der Waals surface area contributed by atoms with Crippen molar-refractivity contribution in [1.82, 2.24) is 0 Å². The summed E-state index contributed by atoms with van der Waals surface area (Å²) < 4.78 is 13.2. The molecule has 0 aromatic heterocycles. The van der Waals surface area contributed by atoms with Crippen molar-refractivity contribution in [2.24, 2.45) is 0 Å². The van der Waals surface area contributed by atoms with Gasteiger partial charge in [-0.1, -0.05) is 36.4 Å². The zero-order valence-electron chi connectivity index (χ0n) is 15.1. The second-order valence-corrected chi connectivity index (χ2v) is 6.20. The molecule has 0 aliphatic rings. The predicted molar refractivity (Wildman–Crippen MR) is 109 cm³/mol. The minimum Gasteiger partial charge on any atom is -0.326 e. The Morgan fingerprint density at radius 1 is 0.714 bits per heavy atom. The summed E-state index contributed by atoms with van der Waals surface area (Å²) in [5.74, 6) is -0.499. The van der Waals surface area contributed by atoms with Crippen molar-refractivity contribution in [3.05, 3.63) is 90.2 Å². The molecule has 6 heteroatoms. The molecule has 0 radical (unpaired) electrons. The molecule has 28 heavy (non-hydrogen) atoms. The molecule has 3 amide bonds. The minimum absolute atomic E-state index is 0.185. The van der Waals surface area contributed by atoms with Crippen molar-refractivity contribution < 1.29 is 14.0 Å². The zero-order valence-corrected chi connectivity index (χ0v) is 15.1. The number of hydrogen-bond donors (Lipinski definition) is 3. The van der Waals surface area contributed by atoms with Crippen LogP contribution in [0.1, 0.15) is 12.0 Å². The van der Waals surface area contributed by atoms with Gasteiger partial charge in [0.2, 0.25) is 5.91 Å². The Morgan fingerprint density at radius 3 is 2.11 bits per heavy atom. The number of carbonyl (C=O) groups is 2. The summed E-state index contributed by atoms with van der Waals surface area (Å²) in [6.07, 6.45) is 0.677. The highest BCUT2D eigenvalue weighted by Gasteiger charge is 2.06. The van der Waals surface area contributed by atoms with Crippen LogP contribution in [0, 0.1) is 5.82 Å². The topological polar surface area (TPSA) is 70.2 Å². The Kier molecular flexibility index (Phi) is 6.36. The minimum atomic E-state index is -0.374. The molecule has 0 aliphatic heterocycles. The fourth-order valence-electron chi connectivity index (χ4n) is 2.66. The average molecular weight is 377 g/mol. The molecule has 142 valence electrons. The molecule has 0 heterocycles. The summed E-state index contributed by atoms with van der Waals surface area (Å²) in [6, 6.07) is 21.8. The van der Waals surface area contributed by atoms with E-state index in [1.165, 1.54) is 12.1 Å². The maximum Gasteiger partial charge on any atom is 0.323 e. The van der Waals surface area contributed by atoms with Crippen LogP contribution >= 0.6 is 0 Å². The second kappa shape index (κ2) is 9.32. The number of hydrogen-bond acceptors (Lipinski definition) is 2. The first kappa shape index (κ1) is 19.1. The van der Waals surface area contributed by atoms with Gasteiger partial charge in [0.15, 0.2) is 0 Å². The maximum absolute atomic E-state index is 13.2. The van der Waals surface area contributed by atoms with Gasteiger partial charge in [-0.05, 0) is 54.4 Å². The highest BCUT2D eigenvalue weighted by atomic mass is 19.1. The highest BCUT2D eigenvalue weighted by molar-refractivity contribution is 6.00. The standard InChI is InChI=1S/C22H20FN3O2/c23-17-7-4-6-16(14-17)12-13-21(27)24-19-10-5-11-20(15-19)26-22(28)25-18-8-2-1-3-9-18/h1-11,14-15H,12-13H2,(H,24,27)(H2,25,26,28). The Labute approximate surface area is 162 Å². The lowest BCUT2D eigenvalue weighted by atomic mass is 10.1. The first-order valence-electron chi connectivity index (χ1n) is 8.86. The van der Waals surface area contributed by atoms with E-state index in [1.807, 2.05) is 18.2 Å². The first-order valence-corrected chi connectivity index (χ1v) is 8.86. The van der Waals surface area contributed by atoms with Gasteiger partial charge in [0.05, 0.1) is 0 Å². The van der Waals surface area contributed by atoms with E-state index in [0.29, 0.717) is 23.5 Å². The molecular weight excluding hydrogens is 357 g/mol. The summed E-state index contributed by atoms with van der Waals surface area (Å²) >= 11 is 0. The van der Waals surface area contributed by atoms with E-state index in [9.17, 15) is 14.0 Å². The van der Waals surface area contributed by atoms with Crippen LogP contribution in [0.5, 0.6) is 0 Å². The number of carbonyl (C=O) groups excluding carboxylic acids is 2. The molecule has 0 saturated carbocycles. The molecule has 0 spiro atoms. The molecule has 0 bridgehead atoms. The fraction of sp³-hybridized carbons (Fsp3) is 0.0909. The van der Waals surface area contributed by atoms with E-state index < -0.39 is 0 Å². The van der Waals surface area contributed by atoms with Crippen LogP contribution in [0.25, 0.3) is 0 Å². The van der Waals surface area contributed by atoms with E-state index in [4.69, 9.17) is 0 Å². The number of halogens is 1. The highest BCUT2D eigenvalue weighted by Crippen LogP contribution is 2.16. The Balaban J connectivity index is 1.52. The second-order valence-electron chi connectivity index (χ2n) is 6.20. The van der Waals surface area contributed by atoms with Crippen molar-refractivity contribution in [2.75, 3.05) is 16.0 Å². The van der Waals surface area contributed by atoms with Crippen molar-refractivity contribution in [1.29, 1.82) is 0 Å². The number of para-hydroxylation sites is 1. The summed E-state index contributed by atoms with van der Waals surface area (Å²) in [5, 5.41) is 8.24. The molecular formula is C22H20FN3O2. The molecule has 3 aromatic rings. The van der Waals surface area contributed by atoms with E-state index in [1.54, 1.807) is 48.5 Å². The predicted octanol–water partition coefficient (Wildman–Crippen LogP) is 5.04. The third kappa shape index (κ3) is 5.95. The van der Waals surface area contributed by atoms with Crippen LogP contribution in [0.4, 0.5) is 26.2 Å². The molecule has 0 aliphatic carbocycles. The number of rotatable bonds is 6. The van der Waals surface area contributed by atoms with Gasteiger partial charge in [-0.25, -0.2) is 9.18 Å². The van der Waals surface area contributed by atoms with E-state index in [2.05, 4.69) is 16.0 Å². The maximum atomic E-state index is 13.2. The van der Waals surface area contributed by atoms with Crippen molar-refractivity contribution in [3.63, 3.8) is 0 Å². The molecule has 5 nitrogen and oxygen atoms in total. The van der Waals surface area contributed by atoms with Crippen LogP contribution in [0.3, 0.4) is 0 Å². The van der Waals surface area contributed by atoms with Gasteiger partial charge in [0.25, 0.3) is 0 Å². The van der Waals surface area contributed by atoms with Gasteiger partial charge in [-0.2, -0.15) is 0 Å². The van der Waals surface area contributed by atoms with Crippen LogP contribution < -0.4 is 16.0 Å². The summed E-state index contributed by atoms with van der Waals surface area (Å²) in [4.78, 5) is 24.2. The van der Waals surface area contributed by atoms with Crippen LogP contribution in [0.15, 0.2) is 78.9 Å². The number of urea groups is 1. The van der Waals surface area contributed by atoms with E-state index in [0.717, 1.165) is 5.56 Å². The lowest BCUT2D eigenvalue weighted by Crippen LogP contribution is -2.19. The Hall–Kier alpha value is -3.67. The summed E-state index contributed by atoms with van der Waals surface area (Å²) in [7, 11) is 0. The van der Waals surface area contributed by atoms with Crippen molar-refractivity contribution in [2.45, 2.75) is 12.8 Å². The molecule has 3 rings (SSSR count). The third-order valence-electron chi connectivity index (χ3n) is 3.97. The Bertz CT molecular complexity index is 961. The van der Waals surface area contributed by atoms with Gasteiger partial charge in [0.1, 0.15) is 5.82 Å². The van der Waals surface area contributed by atoms with Crippen molar-refractivity contribution in [3.8, 4) is 0 Å². The zero-order chi connectivity index (χ0) is 19.8. The monoisotopic (exact) mass is 377 g/mol. The molecule has 0 fully saturated rings. The molecule has 0 atom stereocenters. The quantitative estimate of drug-likeness (QED) is 0.563. The molecule has 3 N–H and O–H groups in total. The summed E-state index contributed by atoms with van der Waals surface area (Å²) in [6.45, 7) is 0.